The molecule has 16 heavy (non-hydrogen) atoms. The maximum atomic E-state index is 12.0. The first-order valence-corrected chi connectivity index (χ1v) is 6.39. The zero-order chi connectivity index (χ0) is 12.6. The van der Waals surface area contributed by atoms with Gasteiger partial charge in [0.1, 0.15) is 0 Å². The first-order chi connectivity index (χ1) is 7.06. The van der Waals surface area contributed by atoms with Gasteiger partial charge in [-0.05, 0) is 12.8 Å². The number of aliphatic carboxylic acids is 1. The van der Waals surface area contributed by atoms with E-state index >= 15 is 0 Å². The molecule has 0 aromatic rings. The van der Waals surface area contributed by atoms with Crippen molar-refractivity contribution in [1.82, 2.24) is 0 Å². The van der Waals surface area contributed by atoms with E-state index in [1.807, 2.05) is 0 Å². The number of alkyl halides is 3. The Bertz CT molecular complexity index is 387. The van der Waals surface area contributed by atoms with Gasteiger partial charge < -0.3 is 5.11 Å². The van der Waals surface area contributed by atoms with Crippen LogP contribution in [0.4, 0.5) is 13.2 Å². The normalized spacial score (nSPS) is 29.2. The highest BCUT2D eigenvalue weighted by Crippen LogP contribution is 2.39. The van der Waals surface area contributed by atoms with Crippen molar-refractivity contribution < 1.29 is 31.5 Å². The van der Waals surface area contributed by atoms with E-state index in [9.17, 15) is 26.4 Å². The topological polar surface area (TPSA) is 71.4 Å². The molecule has 1 aliphatic heterocycles. The minimum absolute atomic E-state index is 0.235. The summed E-state index contributed by atoms with van der Waals surface area (Å²) in [6.45, 7) is 0. The number of halogens is 3. The fourth-order valence-electron chi connectivity index (χ4n) is 1.77. The molecule has 0 aromatic carbocycles. The Balaban J connectivity index is 2.81. The third kappa shape index (κ3) is 3.10. The lowest BCUT2D eigenvalue weighted by Gasteiger charge is -2.22. The second-order valence-electron chi connectivity index (χ2n) is 4.04. The molecule has 94 valence electrons. The molecule has 0 aromatic heterocycles. The van der Waals surface area contributed by atoms with E-state index in [2.05, 4.69) is 0 Å². The number of hydrogen-bond donors (Lipinski definition) is 1. The average Bonchev–Trinajstić information content (AvgIpc) is 2.38. The molecule has 1 unspecified atom stereocenters. The smallest absolute Gasteiger partial charge is 0.389 e. The van der Waals surface area contributed by atoms with Gasteiger partial charge in [-0.2, -0.15) is 13.2 Å². The van der Waals surface area contributed by atoms with Crippen LogP contribution in [0, 0.1) is 5.41 Å². The van der Waals surface area contributed by atoms with Crippen molar-refractivity contribution in [2.75, 3.05) is 11.5 Å². The van der Waals surface area contributed by atoms with E-state index in [0.717, 1.165) is 0 Å². The van der Waals surface area contributed by atoms with Crippen LogP contribution >= 0.6 is 0 Å². The minimum atomic E-state index is -4.46. The number of hydrogen-bond acceptors (Lipinski definition) is 3. The van der Waals surface area contributed by atoms with Crippen molar-refractivity contribution in [3.63, 3.8) is 0 Å². The SMILES string of the molecule is O=C(O)C1(CCC(F)(F)F)CCS(=O)(=O)C1. The van der Waals surface area contributed by atoms with Gasteiger partial charge in [0.2, 0.25) is 0 Å². The zero-order valence-electron chi connectivity index (χ0n) is 8.25. The van der Waals surface area contributed by atoms with Crippen molar-refractivity contribution in [1.29, 1.82) is 0 Å². The molecule has 1 rings (SSSR count). The van der Waals surface area contributed by atoms with Crippen LogP contribution in [0.3, 0.4) is 0 Å². The zero-order valence-corrected chi connectivity index (χ0v) is 9.07. The van der Waals surface area contributed by atoms with Gasteiger partial charge in [-0.25, -0.2) is 8.42 Å². The van der Waals surface area contributed by atoms with Crippen LogP contribution in [0.15, 0.2) is 0 Å². The van der Waals surface area contributed by atoms with Gasteiger partial charge in [-0.1, -0.05) is 0 Å². The molecule has 1 N–H and O–H groups in total. The van der Waals surface area contributed by atoms with Gasteiger partial charge in [0, 0.05) is 6.42 Å². The summed E-state index contributed by atoms with van der Waals surface area (Å²) in [6, 6.07) is 0. The monoisotopic (exact) mass is 260 g/mol. The first kappa shape index (κ1) is 13.3. The summed E-state index contributed by atoms with van der Waals surface area (Å²) in [7, 11) is -3.51. The van der Waals surface area contributed by atoms with Crippen LogP contribution in [-0.2, 0) is 14.6 Å². The lowest BCUT2D eigenvalue weighted by molar-refractivity contribution is -0.156. The van der Waals surface area contributed by atoms with Gasteiger partial charge in [0.15, 0.2) is 9.84 Å². The summed E-state index contributed by atoms with van der Waals surface area (Å²) >= 11 is 0. The molecule has 1 saturated heterocycles. The molecule has 0 amide bonds. The first-order valence-electron chi connectivity index (χ1n) is 4.57. The Hall–Kier alpha value is -0.790. The van der Waals surface area contributed by atoms with Crippen LogP contribution in [0.2, 0.25) is 0 Å². The van der Waals surface area contributed by atoms with Gasteiger partial charge in [0.05, 0.1) is 16.9 Å². The van der Waals surface area contributed by atoms with Gasteiger partial charge in [-0.3, -0.25) is 4.79 Å². The molecule has 0 aliphatic carbocycles. The molecular weight excluding hydrogens is 249 g/mol. The summed E-state index contributed by atoms with van der Waals surface area (Å²) in [4.78, 5) is 10.9. The molecule has 4 nitrogen and oxygen atoms in total. The summed E-state index contributed by atoms with van der Waals surface area (Å²) in [5, 5.41) is 8.86. The van der Waals surface area contributed by atoms with Crippen molar-refractivity contribution in [2.24, 2.45) is 5.41 Å². The van der Waals surface area contributed by atoms with Crippen molar-refractivity contribution in [3.8, 4) is 0 Å². The predicted octanol–water partition coefficient (Wildman–Crippen LogP) is 1.22. The van der Waals surface area contributed by atoms with Gasteiger partial charge >= 0.3 is 12.1 Å². The molecular formula is C8H11F3O4S. The maximum absolute atomic E-state index is 12.0. The van der Waals surface area contributed by atoms with E-state index in [1.54, 1.807) is 0 Å². The third-order valence-electron chi connectivity index (χ3n) is 2.73. The Morgan fingerprint density at radius 1 is 1.38 bits per heavy atom. The summed E-state index contributed by atoms with van der Waals surface area (Å²) in [5.74, 6) is -2.50. The van der Waals surface area contributed by atoms with Crippen molar-refractivity contribution >= 4 is 15.8 Å². The third-order valence-corrected chi connectivity index (χ3v) is 4.55. The maximum Gasteiger partial charge on any atom is 0.389 e. The standard InChI is InChI=1S/C8H11F3O4S/c9-8(10,11)2-1-7(6(12)13)3-4-16(14,15)5-7/h1-5H2,(H,12,13). The quantitative estimate of drug-likeness (QED) is 0.828. The van der Waals surface area contributed by atoms with Crippen LogP contribution in [0.5, 0.6) is 0 Å². The number of sulfone groups is 1. The highest BCUT2D eigenvalue weighted by atomic mass is 32.2. The fourth-order valence-corrected chi connectivity index (χ4v) is 3.87. The summed E-state index contributed by atoms with van der Waals surface area (Å²) in [6.07, 6.45) is -6.64. The predicted molar refractivity (Wildman–Crippen MR) is 48.6 cm³/mol. The van der Waals surface area contributed by atoms with Crippen LogP contribution in [0.1, 0.15) is 19.3 Å². The Labute approximate surface area is 90.4 Å². The molecule has 1 aliphatic rings. The molecule has 0 bridgehead atoms. The largest absolute Gasteiger partial charge is 0.481 e. The molecule has 1 atom stereocenters. The number of rotatable bonds is 3. The number of carboxylic acids is 1. The Morgan fingerprint density at radius 3 is 2.25 bits per heavy atom. The van der Waals surface area contributed by atoms with Crippen molar-refractivity contribution in [3.05, 3.63) is 0 Å². The second kappa shape index (κ2) is 3.90. The van der Waals surface area contributed by atoms with E-state index in [0.29, 0.717) is 0 Å². The number of carbonyl (C=O) groups is 1. The lowest BCUT2D eigenvalue weighted by atomic mass is 9.83. The average molecular weight is 260 g/mol. The summed E-state index contributed by atoms with van der Waals surface area (Å²) in [5.41, 5.74) is -1.76. The fraction of sp³-hybridized carbons (Fsp3) is 0.875. The van der Waals surface area contributed by atoms with Crippen LogP contribution < -0.4 is 0 Å². The van der Waals surface area contributed by atoms with Crippen molar-refractivity contribution in [2.45, 2.75) is 25.4 Å². The molecule has 0 spiro atoms. The Morgan fingerprint density at radius 2 is 1.94 bits per heavy atom. The lowest BCUT2D eigenvalue weighted by Crippen LogP contribution is -2.33. The molecule has 1 fully saturated rings. The van der Waals surface area contributed by atoms with Gasteiger partial charge in [0.25, 0.3) is 0 Å². The van der Waals surface area contributed by atoms with Gasteiger partial charge in [-0.15, -0.1) is 0 Å². The van der Waals surface area contributed by atoms with E-state index in [4.69, 9.17) is 5.11 Å². The minimum Gasteiger partial charge on any atom is -0.481 e. The Kier molecular flexibility index (Phi) is 3.24. The highest BCUT2D eigenvalue weighted by molar-refractivity contribution is 7.91. The second-order valence-corrected chi connectivity index (χ2v) is 6.23. The highest BCUT2D eigenvalue weighted by Gasteiger charge is 2.49. The molecule has 8 heteroatoms. The van der Waals surface area contributed by atoms with E-state index in [1.165, 1.54) is 0 Å². The van der Waals surface area contributed by atoms with E-state index in [-0.39, 0.29) is 12.2 Å². The van der Waals surface area contributed by atoms with Crippen LogP contribution in [-0.4, -0.2) is 37.2 Å². The molecule has 0 saturated carbocycles. The summed E-state index contributed by atoms with van der Waals surface area (Å²) < 4.78 is 58.2. The van der Waals surface area contributed by atoms with E-state index < -0.39 is 46.0 Å². The molecule has 0 radical (unpaired) electrons. The van der Waals surface area contributed by atoms with Crippen LogP contribution in [0.25, 0.3) is 0 Å². The molecule has 1 heterocycles. The number of carboxylic acid groups (broad SMARTS) is 1.